The third-order valence-electron chi connectivity index (χ3n) is 7.12. The Morgan fingerprint density at radius 3 is 2.68 bits per heavy atom. The van der Waals surface area contributed by atoms with Crippen molar-refractivity contribution in [1.82, 2.24) is 10.3 Å². The molecule has 3 aromatic rings. The van der Waals surface area contributed by atoms with Gasteiger partial charge in [0.2, 0.25) is 5.91 Å². The fourth-order valence-electron chi connectivity index (χ4n) is 5.06. The van der Waals surface area contributed by atoms with Gasteiger partial charge in [-0.3, -0.25) is 9.78 Å². The molecule has 0 bridgehead atoms. The summed E-state index contributed by atoms with van der Waals surface area (Å²) in [4.78, 5) is 30.1. The number of fused-ring (bicyclic) bond motifs is 2. The van der Waals surface area contributed by atoms with Crippen LogP contribution < -0.4 is 19.5 Å². The van der Waals surface area contributed by atoms with E-state index < -0.39 is 29.8 Å². The van der Waals surface area contributed by atoms with Gasteiger partial charge >= 0.3 is 12.3 Å². The molecule has 0 spiro atoms. The van der Waals surface area contributed by atoms with E-state index in [1.165, 1.54) is 12.1 Å². The largest absolute Gasteiger partial charge is 0.586 e. The third-order valence-corrected chi connectivity index (χ3v) is 7.12. The number of benzene rings is 2. The Balaban J connectivity index is 1.25. The van der Waals surface area contributed by atoms with Crippen molar-refractivity contribution in [3.8, 4) is 17.2 Å². The standard InChI is InChI=1S/C28H24F2N2O6/c1-2-35-25(33)17-5-3-4-16(12-17)22-14-20(19-8-11-31-15-24(19)36-22)32-26(34)27(9-10-27)18-6-7-21-23(13-18)38-28(29,30)37-21/h3-8,11-13,15,20,22H,2,9-10,14H2,1H3,(H,32,34)/t20-,22-/m0/s1. The van der Waals surface area contributed by atoms with Crippen LogP contribution in [0.15, 0.2) is 60.9 Å². The van der Waals surface area contributed by atoms with Crippen molar-refractivity contribution in [2.75, 3.05) is 6.61 Å². The first-order chi connectivity index (χ1) is 18.3. The number of hydrogen-bond donors (Lipinski definition) is 1. The molecule has 0 saturated heterocycles. The molecular formula is C28H24F2N2O6. The number of hydrogen-bond acceptors (Lipinski definition) is 7. The van der Waals surface area contributed by atoms with Crippen LogP contribution in [0, 0.1) is 0 Å². The fourth-order valence-corrected chi connectivity index (χ4v) is 5.06. The van der Waals surface area contributed by atoms with Crippen molar-refractivity contribution in [2.45, 2.75) is 50.0 Å². The lowest BCUT2D eigenvalue weighted by Gasteiger charge is -2.33. The van der Waals surface area contributed by atoms with Crippen LogP contribution in [0.5, 0.6) is 17.2 Å². The van der Waals surface area contributed by atoms with Gasteiger partial charge in [-0.1, -0.05) is 18.2 Å². The van der Waals surface area contributed by atoms with E-state index in [2.05, 4.69) is 19.8 Å². The summed E-state index contributed by atoms with van der Waals surface area (Å²) in [6.07, 6.45) is 0.625. The van der Waals surface area contributed by atoms with E-state index in [0.717, 1.165) is 11.1 Å². The molecule has 1 saturated carbocycles. The number of nitrogens with one attached hydrogen (secondary N) is 1. The van der Waals surface area contributed by atoms with Crippen molar-refractivity contribution in [2.24, 2.45) is 0 Å². The molecule has 1 amide bonds. The average molecular weight is 523 g/mol. The lowest BCUT2D eigenvalue weighted by molar-refractivity contribution is -0.286. The highest BCUT2D eigenvalue weighted by Gasteiger charge is 2.53. The number of pyridine rings is 1. The summed E-state index contributed by atoms with van der Waals surface area (Å²) in [7, 11) is 0. The smallest absolute Gasteiger partial charge is 0.484 e. The Hall–Kier alpha value is -4.21. The molecule has 2 atom stereocenters. The van der Waals surface area contributed by atoms with Crippen molar-refractivity contribution < 1.29 is 37.3 Å². The summed E-state index contributed by atoms with van der Waals surface area (Å²) in [6, 6.07) is 12.9. The molecule has 1 fully saturated rings. The molecule has 6 rings (SSSR count). The first-order valence-electron chi connectivity index (χ1n) is 12.4. The second-order valence-corrected chi connectivity index (χ2v) is 9.54. The zero-order valence-corrected chi connectivity index (χ0v) is 20.4. The Morgan fingerprint density at radius 1 is 1.08 bits per heavy atom. The van der Waals surface area contributed by atoms with E-state index in [9.17, 15) is 18.4 Å². The van der Waals surface area contributed by atoms with E-state index in [0.29, 0.717) is 36.1 Å². The molecule has 1 aliphatic carbocycles. The lowest BCUT2D eigenvalue weighted by atomic mass is 9.90. The van der Waals surface area contributed by atoms with Crippen LogP contribution >= 0.6 is 0 Å². The minimum atomic E-state index is -3.72. The number of carbonyl (C=O) groups is 2. The fraction of sp³-hybridized carbons (Fsp3) is 0.321. The molecule has 8 nitrogen and oxygen atoms in total. The quantitative estimate of drug-likeness (QED) is 0.456. The Morgan fingerprint density at radius 2 is 1.89 bits per heavy atom. The number of nitrogens with zero attached hydrogens (tertiary/aromatic N) is 1. The van der Waals surface area contributed by atoms with E-state index in [1.54, 1.807) is 49.6 Å². The highest BCUT2D eigenvalue weighted by Crippen LogP contribution is 2.52. The number of esters is 1. The summed E-state index contributed by atoms with van der Waals surface area (Å²) in [5, 5.41) is 3.16. The van der Waals surface area contributed by atoms with Crippen molar-refractivity contribution in [3.63, 3.8) is 0 Å². The van der Waals surface area contributed by atoms with Gasteiger partial charge in [0, 0.05) is 18.2 Å². The number of ether oxygens (including phenoxy) is 4. The van der Waals surface area contributed by atoms with Crippen molar-refractivity contribution >= 4 is 11.9 Å². The molecule has 0 radical (unpaired) electrons. The summed E-state index contributed by atoms with van der Waals surface area (Å²) < 4.78 is 47.4. The first kappa shape index (κ1) is 24.1. The molecule has 3 heterocycles. The van der Waals surface area contributed by atoms with Crippen LogP contribution in [0.25, 0.3) is 0 Å². The predicted molar refractivity (Wildman–Crippen MR) is 129 cm³/mol. The summed E-state index contributed by atoms with van der Waals surface area (Å²) in [5.41, 5.74) is 1.71. The number of amides is 1. The number of halogens is 2. The predicted octanol–water partition coefficient (Wildman–Crippen LogP) is 4.99. The van der Waals surface area contributed by atoms with Gasteiger partial charge in [-0.05, 0) is 61.2 Å². The van der Waals surface area contributed by atoms with Gasteiger partial charge in [0.15, 0.2) is 11.5 Å². The number of carbonyl (C=O) groups excluding carboxylic acids is 2. The Bertz CT molecular complexity index is 1420. The third kappa shape index (κ3) is 4.29. The molecule has 1 N–H and O–H groups in total. The number of rotatable bonds is 6. The van der Waals surface area contributed by atoms with Crippen LogP contribution in [-0.2, 0) is 14.9 Å². The molecule has 196 valence electrons. The van der Waals surface area contributed by atoms with Crippen LogP contribution in [0.4, 0.5) is 8.78 Å². The maximum Gasteiger partial charge on any atom is 0.586 e. The number of alkyl halides is 2. The average Bonchev–Trinajstić information content (AvgIpc) is 3.66. The molecule has 0 unspecified atom stereocenters. The lowest BCUT2D eigenvalue weighted by Crippen LogP contribution is -2.39. The highest BCUT2D eigenvalue weighted by atomic mass is 19.3. The first-order valence-corrected chi connectivity index (χ1v) is 12.4. The highest BCUT2D eigenvalue weighted by molar-refractivity contribution is 5.92. The molecular weight excluding hydrogens is 498 g/mol. The normalized spacial score (nSPS) is 21.6. The van der Waals surface area contributed by atoms with Gasteiger partial charge in [0.1, 0.15) is 11.9 Å². The second kappa shape index (κ2) is 8.97. The van der Waals surface area contributed by atoms with Crippen LogP contribution in [-0.4, -0.2) is 29.8 Å². The van der Waals surface area contributed by atoms with Gasteiger partial charge in [0.25, 0.3) is 0 Å². The topological polar surface area (TPSA) is 96.0 Å². The Kier molecular flexibility index (Phi) is 5.70. The molecule has 1 aromatic heterocycles. The molecule has 10 heteroatoms. The van der Waals surface area contributed by atoms with E-state index in [-0.39, 0.29) is 24.0 Å². The zero-order valence-electron chi connectivity index (χ0n) is 20.4. The monoisotopic (exact) mass is 522 g/mol. The van der Waals surface area contributed by atoms with E-state index >= 15 is 0 Å². The zero-order chi connectivity index (χ0) is 26.5. The summed E-state index contributed by atoms with van der Waals surface area (Å²) >= 11 is 0. The molecule has 38 heavy (non-hydrogen) atoms. The summed E-state index contributed by atoms with van der Waals surface area (Å²) in [5.74, 6) is -0.249. The van der Waals surface area contributed by atoms with E-state index in [1.807, 2.05) is 6.07 Å². The maximum absolute atomic E-state index is 13.6. The van der Waals surface area contributed by atoms with Crippen LogP contribution in [0.2, 0.25) is 0 Å². The minimum Gasteiger partial charge on any atom is -0.484 e. The van der Waals surface area contributed by atoms with Crippen molar-refractivity contribution in [1.29, 1.82) is 0 Å². The van der Waals surface area contributed by atoms with Gasteiger partial charge < -0.3 is 24.3 Å². The number of aromatic nitrogens is 1. The molecule has 2 aliphatic heterocycles. The second-order valence-electron chi connectivity index (χ2n) is 9.54. The summed E-state index contributed by atoms with van der Waals surface area (Å²) in [6.45, 7) is 2.01. The SMILES string of the molecule is CCOC(=O)c1cccc([C@@H]2C[C@H](NC(=O)C3(c4ccc5c(c4)OC(F)(F)O5)CC3)c3ccncc3O2)c1. The van der Waals surface area contributed by atoms with Gasteiger partial charge in [-0.15, -0.1) is 8.78 Å². The maximum atomic E-state index is 13.6. The minimum absolute atomic E-state index is 0.0614. The van der Waals surface area contributed by atoms with Gasteiger partial charge in [0.05, 0.1) is 29.8 Å². The van der Waals surface area contributed by atoms with Gasteiger partial charge in [-0.2, -0.15) is 0 Å². The Labute approximate surface area is 216 Å². The van der Waals surface area contributed by atoms with Crippen LogP contribution in [0.1, 0.15) is 65.4 Å². The van der Waals surface area contributed by atoms with Gasteiger partial charge in [-0.25, -0.2) is 4.79 Å². The van der Waals surface area contributed by atoms with Crippen molar-refractivity contribution in [3.05, 3.63) is 83.2 Å². The van der Waals surface area contributed by atoms with E-state index in [4.69, 9.17) is 9.47 Å². The molecule has 2 aromatic carbocycles. The van der Waals surface area contributed by atoms with Crippen LogP contribution in [0.3, 0.4) is 0 Å². The molecule has 3 aliphatic rings.